The van der Waals surface area contributed by atoms with Crippen molar-refractivity contribution in [3.05, 3.63) is 71.8 Å². The number of Topliss-reactive ketones (excluding diaryl/α,β-unsaturated/α-hetero) is 1. The normalized spacial score (nSPS) is 28.9. The Morgan fingerprint density at radius 3 is 2.24 bits per heavy atom. The molecule has 3 N–H and O–H groups in total. The van der Waals surface area contributed by atoms with E-state index in [1.165, 1.54) is 18.2 Å². The number of nitrogens with one attached hydrogen (secondary N) is 1. The Hall–Kier alpha value is -3.34. The maximum absolute atomic E-state index is 14.1. The number of fused-ring (bicyclic) bond motifs is 2. The van der Waals surface area contributed by atoms with Gasteiger partial charge in [0.05, 0.1) is 0 Å². The minimum absolute atomic E-state index is 0.0264. The second-order valence-corrected chi connectivity index (χ2v) is 12.2. The molecule has 37 heavy (non-hydrogen) atoms. The molecule has 1 amide bonds. The molecule has 2 aliphatic carbocycles. The lowest BCUT2D eigenvalue weighted by Crippen LogP contribution is -2.60. The standard InChI is InChI=1S/C32H37NO4/c1-19-26(33-30(37)22-11-10-20-8-5-6-9-21(20)14-22)18-27-31(2,3)12-7-13-32(27,4)28(19)29(36)23-15-24(34)17-25(35)16-23/h5-6,8-11,14-17,19,26-28,34-35H,7,12-13,18H2,1-4H3,(H,33,37)/t19-,26-,27+,28-,32+/m1/s1. The first kappa shape index (κ1) is 25.3. The lowest BCUT2D eigenvalue weighted by Gasteiger charge is -2.60. The Kier molecular flexibility index (Phi) is 6.29. The van der Waals surface area contributed by atoms with Gasteiger partial charge in [-0.25, -0.2) is 0 Å². The lowest BCUT2D eigenvalue weighted by atomic mass is 9.45. The fourth-order valence-electron chi connectivity index (χ4n) is 7.66. The molecule has 3 aromatic rings. The molecule has 3 aromatic carbocycles. The molecule has 2 saturated carbocycles. The Morgan fingerprint density at radius 1 is 0.865 bits per heavy atom. The monoisotopic (exact) mass is 499 g/mol. The molecule has 5 atom stereocenters. The highest BCUT2D eigenvalue weighted by atomic mass is 16.3. The molecular formula is C32H37NO4. The Balaban J connectivity index is 1.50. The van der Waals surface area contributed by atoms with Crippen molar-refractivity contribution in [2.75, 3.05) is 0 Å². The number of rotatable bonds is 4. The van der Waals surface area contributed by atoms with Crippen LogP contribution in [0.25, 0.3) is 10.8 Å². The average Bonchev–Trinajstić information content (AvgIpc) is 2.83. The average molecular weight is 500 g/mol. The molecule has 0 aliphatic heterocycles. The molecule has 0 saturated heterocycles. The molecule has 0 aromatic heterocycles. The summed E-state index contributed by atoms with van der Waals surface area (Å²) in [6.07, 6.45) is 3.90. The topological polar surface area (TPSA) is 86.6 Å². The summed E-state index contributed by atoms with van der Waals surface area (Å²) in [7, 11) is 0. The summed E-state index contributed by atoms with van der Waals surface area (Å²) in [5, 5.41) is 25.6. The smallest absolute Gasteiger partial charge is 0.251 e. The van der Waals surface area contributed by atoms with Gasteiger partial charge in [0.25, 0.3) is 5.91 Å². The summed E-state index contributed by atoms with van der Waals surface area (Å²) in [5.74, 6) is -0.677. The van der Waals surface area contributed by atoms with Gasteiger partial charge in [-0.05, 0) is 77.0 Å². The number of carbonyl (C=O) groups excluding carboxylic acids is 2. The third kappa shape index (κ3) is 4.49. The quantitative estimate of drug-likeness (QED) is 0.348. The van der Waals surface area contributed by atoms with Gasteiger partial charge in [-0.2, -0.15) is 0 Å². The van der Waals surface area contributed by atoms with Crippen LogP contribution in [0.2, 0.25) is 0 Å². The zero-order chi connectivity index (χ0) is 26.5. The lowest BCUT2D eigenvalue weighted by molar-refractivity contribution is -0.0902. The van der Waals surface area contributed by atoms with Crippen molar-refractivity contribution in [3.8, 4) is 11.5 Å². The highest BCUT2D eigenvalue weighted by molar-refractivity contribution is 6.00. The summed E-state index contributed by atoms with van der Waals surface area (Å²) in [6, 6.07) is 17.7. The summed E-state index contributed by atoms with van der Waals surface area (Å²) in [6.45, 7) is 8.88. The molecule has 5 rings (SSSR count). The summed E-state index contributed by atoms with van der Waals surface area (Å²) in [5.41, 5.74) is 0.712. The first-order valence-corrected chi connectivity index (χ1v) is 13.4. The number of carbonyl (C=O) groups is 2. The van der Waals surface area contributed by atoms with Crippen LogP contribution < -0.4 is 5.32 Å². The predicted molar refractivity (Wildman–Crippen MR) is 146 cm³/mol. The van der Waals surface area contributed by atoms with E-state index < -0.39 is 0 Å². The molecular weight excluding hydrogens is 462 g/mol. The van der Waals surface area contributed by atoms with Crippen molar-refractivity contribution < 1.29 is 19.8 Å². The number of phenolic OH excluding ortho intramolecular Hbond substituents is 2. The van der Waals surface area contributed by atoms with Gasteiger partial charge in [0.15, 0.2) is 5.78 Å². The van der Waals surface area contributed by atoms with E-state index in [1.807, 2.05) is 42.5 Å². The molecule has 194 valence electrons. The van der Waals surface area contributed by atoms with Gasteiger partial charge in [-0.15, -0.1) is 0 Å². The summed E-state index contributed by atoms with van der Waals surface area (Å²) >= 11 is 0. The molecule has 0 radical (unpaired) electrons. The Morgan fingerprint density at radius 2 is 1.54 bits per heavy atom. The van der Waals surface area contributed by atoms with Crippen LogP contribution in [-0.2, 0) is 0 Å². The van der Waals surface area contributed by atoms with Gasteiger partial charge in [0.1, 0.15) is 11.5 Å². The van der Waals surface area contributed by atoms with Crippen LogP contribution in [0.3, 0.4) is 0 Å². The van der Waals surface area contributed by atoms with Crippen LogP contribution in [0.4, 0.5) is 0 Å². The van der Waals surface area contributed by atoms with E-state index in [4.69, 9.17) is 0 Å². The van der Waals surface area contributed by atoms with Crippen LogP contribution in [0, 0.1) is 28.6 Å². The van der Waals surface area contributed by atoms with E-state index in [2.05, 4.69) is 33.0 Å². The van der Waals surface area contributed by atoms with E-state index in [0.717, 1.165) is 36.5 Å². The number of ketones is 1. The van der Waals surface area contributed by atoms with Gasteiger partial charge in [0, 0.05) is 29.2 Å². The van der Waals surface area contributed by atoms with E-state index in [1.54, 1.807) is 0 Å². The highest BCUT2D eigenvalue weighted by Crippen LogP contribution is 2.61. The third-order valence-electron chi connectivity index (χ3n) is 9.43. The minimum Gasteiger partial charge on any atom is -0.508 e. The maximum atomic E-state index is 14.1. The zero-order valence-corrected chi connectivity index (χ0v) is 22.1. The molecule has 5 nitrogen and oxygen atoms in total. The van der Waals surface area contributed by atoms with Crippen molar-refractivity contribution in [2.24, 2.45) is 28.6 Å². The number of hydrogen-bond donors (Lipinski definition) is 3. The minimum atomic E-state index is -0.353. The van der Waals surface area contributed by atoms with Gasteiger partial charge in [-0.1, -0.05) is 64.4 Å². The first-order valence-electron chi connectivity index (χ1n) is 13.4. The van der Waals surface area contributed by atoms with Crippen molar-refractivity contribution >= 4 is 22.5 Å². The second-order valence-electron chi connectivity index (χ2n) is 12.2. The van der Waals surface area contributed by atoms with E-state index in [-0.39, 0.29) is 57.8 Å². The van der Waals surface area contributed by atoms with Crippen molar-refractivity contribution in [1.29, 1.82) is 0 Å². The van der Waals surface area contributed by atoms with Gasteiger partial charge in [0.2, 0.25) is 0 Å². The largest absolute Gasteiger partial charge is 0.508 e. The number of amides is 1. The molecule has 2 aliphatic rings. The molecule has 0 bridgehead atoms. The fraction of sp³-hybridized carbons (Fsp3) is 0.438. The SMILES string of the molecule is C[C@@H]1[C@H](NC(=O)c2ccc3ccccc3c2)C[C@H]2C(C)(C)CCC[C@]2(C)[C@H]1C(=O)c1cc(O)cc(O)c1. The highest BCUT2D eigenvalue weighted by Gasteiger charge is 2.58. The van der Waals surface area contributed by atoms with Crippen molar-refractivity contribution in [1.82, 2.24) is 5.32 Å². The number of benzene rings is 3. The Labute approximate surface area is 218 Å². The molecule has 5 heteroatoms. The maximum Gasteiger partial charge on any atom is 0.251 e. The van der Waals surface area contributed by atoms with Crippen LogP contribution in [-0.4, -0.2) is 27.9 Å². The summed E-state index contributed by atoms with van der Waals surface area (Å²) in [4.78, 5) is 27.6. The number of hydrogen-bond acceptors (Lipinski definition) is 4. The van der Waals surface area contributed by atoms with Gasteiger partial charge in [-0.3, -0.25) is 9.59 Å². The predicted octanol–water partition coefficient (Wildman–Crippen LogP) is 6.72. The Bertz CT molecular complexity index is 1340. The van der Waals surface area contributed by atoms with E-state index in [0.29, 0.717) is 11.1 Å². The molecule has 0 heterocycles. The molecule has 2 fully saturated rings. The van der Waals surface area contributed by atoms with Gasteiger partial charge < -0.3 is 15.5 Å². The van der Waals surface area contributed by atoms with Crippen molar-refractivity contribution in [2.45, 2.75) is 59.4 Å². The van der Waals surface area contributed by atoms with Crippen molar-refractivity contribution in [3.63, 3.8) is 0 Å². The zero-order valence-electron chi connectivity index (χ0n) is 22.1. The van der Waals surface area contributed by atoms with Crippen LogP contribution in [0.15, 0.2) is 60.7 Å². The van der Waals surface area contributed by atoms with E-state index in [9.17, 15) is 19.8 Å². The van der Waals surface area contributed by atoms with Crippen LogP contribution >= 0.6 is 0 Å². The van der Waals surface area contributed by atoms with Crippen LogP contribution in [0.1, 0.15) is 74.1 Å². The third-order valence-corrected chi connectivity index (χ3v) is 9.43. The number of phenols is 2. The first-order chi connectivity index (χ1) is 17.5. The fourth-order valence-corrected chi connectivity index (χ4v) is 7.66. The molecule has 0 spiro atoms. The summed E-state index contributed by atoms with van der Waals surface area (Å²) < 4.78 is 0. The molecule has 0 unspecified atom stereocenters. The second kappa shape index (κ2) is 9.20. The number of aromatic hydroxyl groups is 2. The van der Waals surface area contributed by atoms with Crippen LogP contribution in [0.5, 0.6) is 11.5 Å². The van der Waals surface area contributed by atoms with Gasteiger partial charge >= 0.3 is 0 Å². The van der Waals surface area contributed by atoms with E-state index >= 15 is 0 Å².